The van der Waals surface area contributed by atoms with Crippen molar-refractivity contribution in [2.75, 3.05) is 12.9 Å². The molecule has 0 spiro atoms. The van der Waals surface area contributed by atoms with Gasteiger partial charge in [-0.05, 0) is 46.2 Å². The summed E-state index contributed by atoms with van der Waals surface area (Å²) in [7, 11) is 0. The summed E-state index contributed by atoms with van der Waals surface area (Å²) in [4.78, 5) is 0. The molecule has 8 heteroatoms. The third-order valence-electron chi connectivity index (χ3n) is 3.82. The Kier molecular flexibility index (Phi) is 4.48. The maximum atomic E-state index is 6.01. The number of ether oxygens (including phenoxy) is 6. The van der Waals surface area contributed by atoms with Crippen molar-refractivity contribution < 1.29 is 28.4 Å². The van der Waals surface area contributed by atoms with Crippen molar-refractivity contribution in [1.29, 1.82) is 0 Å². The normalized spacial score (nSPS) is 42.3. The van der Waals surface area contributed by atoms with Crippen molar-refractivity contribution in [2.24, 2.45) is 0 Å². The van der Waals surface area contributed by atoms with Gasteiger partial charge in [0.2, 0.25) is 4.38 Å². The topological polar surface area (TPSA) is 55.4 Å². The molecule has 0 bridgehead atoms. The summed E-state index contributed by atoms with van der Waals surface area (Å²) < 4.78 is 35.6. The van der Waals surface area contributed by atoms with Crippen molar-refractivity contribution in [3.63, 3.8) is 0 Å². The van der Waals surface area contributed by atoms with Gasteiger partial charge in [0, 0.05) is 0 Å². The fourth-order valence-electron chi connectivity index (χ4n) is 2.97. The van der Waals surface area contributed by atoms with Crippen LogP contribution in [-0.4, -0.2) is 59.5 Å². The predicted molar refractivity (Wildman–Crippen MR) is 84.6 cm³/mol. The molecule has 3 aliphatic heterocycles. The zero-order valence-electron chi connectivity index (χ0n) is 13.4. The summed E-state index contributed by atoms with van der Waals surface area (Å²) in [6.07, 6.45) is 0.0796. The van der Waals surface area contributed by atoms with Crippen LogP contribution >= 0.6 is 24.0 Å². The SMILES string of the molecule is CSC(=S)O[C@H]1[C@@H](C2COC(C)(C)O2)OC2OC(C)(C)O[C@@H]21. The van der Waals surface area contributed by atoms with Gasteiger partial charge in [-0.2, -0.15) is 0 Å². The van der Waals surface area contributed by atoms with E-state index in [0.717, 1.165) is 0 Å². The van der Waals surface area contributed by atoms with E-state index in [9.17, 15) is 0 Å². The van der Waals surface area contributed by atoms with Gasteiger partial charge in [-0.1, -0.05) is 11.8 Å². The molecule has 126 valence electrons. The molecule has 3 fully saturated rings. The molecule has 5 atom stereocenters. The number of thiocarbonyl (C=S) groups is 1. The first-order chi connectivity index (χ1) is 10.2. The van der Waals surface area contributed by atoms with Crippen LogP contribution in [0.5, 0.6) is 0 Å². The van der Waals surface area contributed by atoms with Gasteiger partial charge in [-0.3, -0.25) is 0 Å². The fraction of sp³-hybridized carbons (Fsp3) is 0.929. The van der Waals surface area contributed by atoms with Crippen LogP contribution in [0.2, 0.25) is 0 Å². The quantitative estimate of drug-likeness (QED) is 0.702. The van der Waals surface area contributed by atoms with Crippen molar-refractivity contribution in [2.45, 2.75) is 70.0 Å². The highest BCUT2D eigenvalue weighted by molar-refractivity contribution is 8.22. The van der Waals surface area contributed by atoms with E-state index in [0.29, 0.717) is 11.0 Å². The molecule has 3 rings (SSSR count). The Morgan fingerprint density at radius 3 is 2.41 bits per heavy atom. The predicted octanol–water partition coefficient (Wildman–Crippen LogP) is 2.05. The van der Waals surface area contributed by atoms with Gasteiger partial charge in [0.05, 0.1) is 6.61 Å². The largest absolute Gasteiger partial charge is 0.469 e. The second kappa shape index (κ2) is 5.84. The molecule has 22 heavy (non-hydrogen) atoms. The average Bonchev–Trinajstić information content (AvgIpc) is 3.01. The lowest BCUT2D eigenvalue weighted by Crippen LogP contribution is -2.44. The van der Waals surface area contributed by atoms with Crippen LogP contribution in [0.15, 0.2) is 0 Å². The smallest absolute Gasteiger partial charge is 0.220 e. The molecule has 0 amide bonds. The molecule has 3 aliphatic rings. The lowest BCUT2D eigenvalue weighted by molar-refractivity contribution is -0.230. The maximum absolute atomic E-state index is 6.01. The molecule has 0 aromatic carbocycles. The van der Waals surface area contributed by atoms with E-state index in [2.05, 4.69) is 0 Å². The molecule has 2 unspecified atom stereocenters. The average molecular weight is 350 g/mol. The van der Waals surface area contributed by atoms with E-state index < -0.39 is 17.9 Å². The molecule has 0 aliphatic carbocycles. The molecule has 0 saturated carbocycles. The Bertz CT molecular complexity index is 455. The van der Waals surface area contributed by atoms with Crippen LogP contribution in [0.4, 0.5) is 0 Å². The van der Waals surface area contributed by atoms with E-state index in [-0.39, 0.29) is 24.4 Å². The highest BCUT2D eigenvalue weighted by Gasteiger charge is 2.59. The van der Waals surface area contributed by atoms with Crippen LogP contribution < -0.4 is 0 Å². The van der Waals surface area contributed by atoms with E-state index in [1.54, 1.807) is 0 Å². The Hall–Kier alpha value is 0.0400. The summed E-state index contributed by atoms with van der Waals surface area (Å²) in [6, 6.07) is 0. The molecule has 0 aromatic rings. The number of rotatable bonds is 2. The lowest BCUT2D eigenvalue weighted by atomic mass is 10.1. The summed E-state index contributed by atoms with van der Waals surface area (Å²) in [5, 5.41) is 0. The van der Waals surface area contributed by atoms with Gasteiger partial charge in [0.1, 0.15) is 12.2 Å². The number of hydrogen-bond acceptors (Lipinski definition) is 8. The van der Waals surface area contributed by atoms with E-state index in [4.69, 9.17) is 40.6 Å². The van der Waals surface area contributed by atoms with Crippen molar-refractivity contribution in [1.82, 2.24) is 0 Å². The first-order valence-corrected chi connectivity index (χ1v) is 8.91. The molecule has 6 nitrogen and oxygen atoms in total. The Morgan fingerprint density at radius 1 is 1.09 bits per heavy atom. The van der Waals surface area contributed by atoms with Crippen LogP contribution in [0, 0.1) is 0 Å². The molecule has 0 aromatic heterocycles. The van der Waals surface area contributed by atoms with Crippen LogP contribution in [0.1, 0.15) is 27.7 Å². The first kappa shape index (κ1) is 16.9. The van der Waals surface area contributed by atoms with Gasteiger partial charge in [-0.15, -0.1) is 0 Å². The first-order valence-electron chi connectivity index (χ1n) is 7.28. The van der Waals surface area contributed by atoms with E-state index in [1.807, 2.05) is 34.0 Å². The van der Waals surface area contributed by atoms with E-state index in [1.165, 1.54) is 11.8 Å². The molecule has 3 heterocycles. The molecular formula is C14H22O6S2. The van der Waals surface area contributed by atoms with Gasteiger partial charge in [0.25, 0.3) is 0 Å². The van der Waals surface area contributed by atoms with Gasteiger partial charge >= 0.3 is 0 Å². The maximum Gasteiger partial charge on any atom is 0.220 e. The standard InChI is InChI=1S/C14H22O6S2/c1-13(2)15-6-7(18-13)8-9(17-12(21)22-5)10-11(16-8)20-14(3,4)19-10/h7-11H,6H2,1-5H3/t7?,8-,9+,10-,11?/m1/s1. The minimum Gasteiger partial charge on any atom is -0.469 e. The number of hydrogen-bond donors (Lipinski definition) is 0. The van der Waals surface area contributed by atoms with E-state index >= 15 is 0 Å². The zero-order chi connectivity index (χ0) is 16.1. The minimum absolute atomic E-state index is 0.245. The third-order valence-corrected chi connectivity index (χ3v) is 4.85. The Labute approximate surface area is 140 Å². The zero-order valence-corrected chi connectivity index (χ0v) is 15.0. The summed E-state index contributed by atoms with van der Waals surface area (Å²) >= 11 is 6.57. The second-order valence-corrected chi connectivity index (χ2v) is 7.88. The Morgan fingerprint density at radius 2 is 1.82 bits per heavy atom. The number of fused-ring (bicyclic) bond motifs is 1. The van der Waals surface area contributed by atoms with Crippen LogP contribution in [-0.2, 0) is 28.4 Å². The van der Waals surface area contributed by atoms with Gasteiger partial charge < -0.3 is 28.4 Å². The van der Waals surface area contributed by atoms with Crippen molar-refractivity contribution in [3.8, 4) is 0 Å². The minimum atomic E-state index is -0.699. The highest BCUT2D eigenvalue weighted by Crippen LogP contribution is 2.42. The van der Waals surface area contributed by atoms with Gasteiger partial charge in [-0.25, -0.2) is 0 Å². The monoisotopic (exact) mass is 350 g/mol. The third kappa shape index (κ3) is 3.28. The molecule has 0 N–H and O–H groups in total. The molecule has 0 radical (unpaired) electrons. The summed E-state index contributed by atoms with van der Waals surface area (Å²) in [5.41, 5.74) is 0. The number of thioether (sulfide) groups is 1. The summed E-state index contributed by atoms with van der Waals surface area (Å²) in [5.74, 6) is -1.33. The second-order valence-electron chi connectivity index (χ2n) is 6.47. The highest BCUT2D eigenvalue weighted by atomic mass is 32.2. The van der Waals surface area contributed by atoms with Crippen molar-refractivity contribution >= 4 is 28.4 Å². The van der Waals surface area contributed by atoms with Crippen LogP contribution in [0.3, 0.4) is 0 Å². The Balaban J connectivity index is 1.76. The molecule has 3 saturated heterocycles. The fourth-order valence-corrected chi connectivity index (χ4v) is 3.29. The van der Waals surface area contributed by atoms with Crippen LogP contribution in [0.25, 0.3) is 0 Å². The lowest BCUT2D eigenvalue weighted by Gasteiger charge is -2.29. The van der Waals surface area contributed by atoms with Gasteiger partial charge in [0.15, 0.2) is 30.1 Å². The van der Waals surface area contributed by atoms with Crippen molar-refractivity contribution in [3.05, 3.63) is 0 Å². The summed E-state index contributed by atoms with van der Waals surface area (Å²) in [6.45, 7) is 7.90. The molecular weight excluding hydrogens is 328 g/mol.